The molecule has 0 heteroatoms. The Hall–Kier alpha value is -5.20. The van der Waals surface area contributed by atoms with Crippen molar-refractivity contribution in [3.05, 3.63) is 158 Å². The molecule has 0 bridgehead atoms. The van der Waals surface area contributed by atoms with Crippen molar-refractivity contribution in [2.45, 2.75) is 0 Å². The van der Waals surface area contributed by atoms with Crippen molar-refractivity contribution in [2.24, 2.45) is 0 Å². The molecule has 0 atom stereocenters. The van der Waals surface area contributed by atoms with E-state index in [9.17, 15) is 0 Å². The van der Waals surface area contributed by atoms with Gasteiger partial charge in [0, 0.05) is 0 Å². The first-order chi connectivity index (χ1) is 19.8. The van der Waals surface area contributed by atoms with Crippen molar-refractivity contribution in [2.75, 3.05) is 0 Å². The van der Waals surface area contributed by atoms with Crippen LogP contribution >= 0.6 is 0 Å². The molecule has 0 N–H and O–H groups in total. The zero-order valence-electron chi connectivity index (χ0n) is 22.0. The van der Waals surface area contributed by atoms with Gasteiger partial charge in [0.25, 0.3) is 0 Å². The summed E-state index contributed by atoms with van der Waals surface area (Å²) in [6.07, 6.45) is 0. The summed E-state index contributed by atoms with van der Waals surface area (Å²) >= 11 is 0. The lowest BCUT2D eigenvalue weighted by atomic mass is 9.91. The van der Waals surface area contributed by atoms with Crippen LogP contribution < -0.4 is 0 Å². The highest BCUT2D eigenvalue weighted by Gasteiger charge is 2.10. The Kier molecular flexibility index (Phi) is 5.24. The molecule has 8 aromatic rings. The summed E-state index contributed by atoms with van der Waals surface area (Å²) < 4.78 is 0. The van der Waals surface area contributed by atoms with Gasteiger partial charge in [-0.15, -0.1) is 0 Å². The fourth-order valence-electron chi connectivity index (χ4n) is 6.13. The van der Waals surface area contributed by atoms with Crippen LogP contribution in [0.2, 0.25) is 0 Å². The lowest BCUT2D eigenvalue weighted by molar-refractivity contribution is 1.61. The van der Waals surface area contributed by atoms with E-state index in [1.807, 2.05) is 0 Å². The summed E-state index contributed by atoms with van der Waals surface area (Å²) in [5, 5.41) is 10.2. The summed E-state index contributed by atoms with van der Waals surface area (Å²) in [7, 11) is 0. The van der Waals surface area contributed by atoms with Crippen LogP contribution in [-0.2, 0) is 0 Å². The van der Waals surface area contributed by atoms with Crippen molar-refractivity contribution in [1.82, 2.24) is 0 Å². The van der Waals surface area contributed by atoms with Gasteiger partial charge in [-0.3, -0.25) is 0 Å². The number of hydrogen-bond acceptors (Lipinski definition) is 0. The minimum absolute atomic E-state index is 1.23. The van der Waals surface area contributed by atoms with Gasteiger partial charge in [0.2, 0.25) is 0 Å². The van der Waals surface area contributed by atoms with E-state index in [0.29, 0.717) is 0 Å². The van der Waals surface area contributed by atoms with Crippen LogP contribution in [0.15, 0.2) is 158 Å². The number of fused-ring (bicyclic) bond motifs is 5. The Balaban J connectivity index is 1.24. The molecule has 0 heterocycles. The minimum atomic E-state index is 1.23. The molecule has 0 fully saturated rings. The number of hydrogen-bond donors (Lipinski definition) is 0. The second-order valence-corrected chi connectivity index (χ2v) is 10.6. The largest absolute Gasteiger partial charge is 0.0616 e. The maximum absolute atomic E-state index is 2.35. The molecule has 0 saturated heterocycles. The Morgan fingerprint density at radius 3 is 1.48 bits per heavy atom. The topological polar surface area (TPSA) is 0 Å². The molecule has 0 amide bonds. The van der Waals surface area contributed by atoms with Crippen LogP contribution in [0.5, 0.6) is 0 Å². The zero-order chi connectivity index (χ0) is 26.5. The molecule has 0 radical (unpaired) electrons. The van der Waals surface area contributed by atoms with Gasteiger partial charge in [-0.05, 0) is 107 Å². The third-order valence-corrected chi connectivity index (χ3v) is 8.20. The standard InChI is InChI=1S/C40H26/c1-2-9-29-22-32(19-16-27(29)8-1)30-11-7-12-31(23-30)33-20-17-28-18-21-35(25-36(28)24-33)40-26-34-10-3-4-13-37(34)38-14-5-6-15-39(38)40/h1-26H. The predicted molar refractivity (Wildman–Crippen MR) is 173 cm³/mol. The fourth-order valence-corrected chi connectivity index (χ4v) is 6.13. The van der Waals surface area contributed by atoms with Crippen LogP contribution in [0.4, 0.5) is 0 Å². The Labute approximate surface area is 233 Å². The van der Waals surface area contributed by atoms with Crippen molar-refractivity contribution in [1.29, 1.82) is 0 Å². The van der Waals surface area contributed by atoms with Gasteiger partial charge in [-0.25, -0.2) is 0 Å². The molecule has 186 valence electrons. The average Bonchev–Trinajstić information content (AvgIpc) is 3.03. The molecule has 0 aromatic heterocycles. The number of benzene rings is 8. The molecule has 0 spiro atoms. The maximum Gasteiger partial charge on any atom is -0.00988 e. The maximum atomic E-state index is 2.35. The van der Waals surface area contributed by atoms with Gasteiger partial charge in [0.05, 0.1) is 0 Å². The van der Waals surface area contributed by atoms with Gasteiger partial charge >= 0.3 is 0 Å². The van der Waals surface area contributed by atoms with E-state index in [-0.39, 0.29) is 0 Å². The van der Waals surface area contributed by atoms with Crippen molar-refractivity contribution >= 4 is 43.1 Å². The van der Waals surface area contributed by atoms with E-state index in [1.54, 1.807) is 0 Å². The van der Waals surface area contributed by atoms with Crippen LogP contribution in [0.1, 0.15) is 0 Å². The van der Waals surface area contributed by atoms with E-state index >= 15 is 0 Å². The van der Waals surface area contributed by atoms with Gasteiger partial charge < -0.3 is 0 Å². The highest BCUT2D eigenvalue weighted by Crippen LogP contribution is 2.37. The van der Waals surface area contributed by atoms with Gasteiger partial charge in [-0.1, -0.05) is 127 Å². The molecule has 0 saturated carbocycles. The van der Waals surface area contributed by atoms with Gasteiger partial charge in [0.15, 0.2) is 0 Å². The molecule has 0 nitrogen and oxygen atoms in total. The molecular weight excluding hydrogens is 480 g/mol. The summed E-state index contributed by atoms with van der Waals surface area (Å²) in [5.74, 6) is 0. The highest BCUT2D eigenvalue weighted by atomic mass is 14.1. The monoisotopic (exact) mass is 506 g/mol. The highest BCUT2D eigenvalue weighted by molar-refractivity contribution is 6.14. The smallest absolute Gasteiger partial charge is 0.00988 e. The summed E-state index contributed by atoms with van der Waals surface area (Å²) in [5.41, 5.74) is 7.47. The molecule has 0 aliphatic carbocycles. The van der Waals surface area contributed by atoms with Crippen LogP contribution in [0, 0.1) is 0 Å². The third kappa shape index (κ3) is 3.85. The van der Waals surface area contributed by atoms with Gasteiger partial charge in [-0.2, -0.15) is 0 Å². The summed E-state index contributed by atoms with van der Waals surface area (Å²) in [4.78, 5) is 0. The van der Waals surface area contributed by atoms with E-state index in [2.05, 4.69) is 158 Å². The van der Waals surface area contributed by atoms with Crippen LogP contribution in [0.3, 0.4) is 0 Å². The van der Waals surface area contributed by atoms with Crippen LogP contribution in [0.25, 0.3) is 76.5 Å². The first-order valence-corrected chi connectivity index (χ1v) is 13.8. The molecule has 8 rings (SSSR count). The Bertz CT molecular complexity index is 2220. The fraction of sp³-hybridized carbons (Fsp3) is 0. The van der Waals surface area contributed by atoms with E-state index in [4.69, 9.17) is 0 Å². The van der Waals surface area contributed by atoms with Gasteiger partial charge in [0.1, 0.15) is 0 Å². The predicted octanol–water partition coefficient (Wildman–Crippen LogP) is 11.3. The lowest BCUT2D eigenvalue weighted by Crippen LogP contribution is -1.86. The lowest BCUT2D eigenvalue weighted by Gasteiger charge is -2.12. The molecule has 0 aliphatic rings. The van der Waals surface area contributed by atoms with E-state index < -0.39 is 0 Å². The van der Waals surface area contributed by atoms with Crippen molar-refractivity contribution < 1.29 is 0 Å². The Morgan fingerprint density at radius 2 is 0.725 bits per heavy atom. The summed E-state index contributed by atoms with van der Waals surface area (Å²) in [6, 6.07) is 57.7. The molecular formula is C40H26. The number of rotatable bonds is 3. The minimum Gasteiger partial charge on any atom is -0.0616 e. The normalized spacial score (nSPS) is 11.5. The second kappa shape index (κ2) is 9.22. The van der Waals surface area contributed by atoms with Crippen LogP contribution in [-0.4, -0.2) is 0 Å². The Morgan fingerprint density at radius 1 is 0.225 bits per heavy atom. The van der Waals surface area contributed by atoms with E-state index in [1.165, 1.54) is 76.5 Å². The van der Waals surface area contributed by atoms with Crippen molar-refractivity contribution in [3.8, 4) is 33.4 Å². The second-order valence-electron chi connectivity index (χ2n) is 10.6. The third-order valence-electron chi connectivity index (χ3n) is 8.20. The molecule has 0 aliphatic heterocycles. The average molecular weight is 507 g/mol. The zero-order valence-corrected chi connectivity index (χ0v) is 22.0. The summed E-state index contributed by atoms with van der Waals surface area (Å²) in [6.45, 7) is 0. The molecule has 8 aromatic carbocycles. The van der Waals surface area contributed by atoms with Crippen molar-refractivity contribution in [3.63, 3.8) is 0 Å². The first kappa shape index (κ1) is 22.8. The molecule has 0 unspecified atom stereocenters. The molecule has 40 heavy (non-hydrogen) atoms. The quantitative estimate of drug-likeness (QED) is 0.209. The first-order valence-electron chi connectivity index (χ1n) is 13.8. The SMILES string of the molecule is c1cc(-c2ccc3ccccc3c2)cc(-c2ccc3ccc(-c4cc5ccccc5c5ccccc45)cc3c2)c1. The van der Waals surface area contributed by atoms with E-state index in [0.717, 1.165) is 0 Å².